The predicted octanol–water partition coefficient (Wildman–Crippen LogP) is 3.32. The number of nitrogens with zero attached hydrogens (tertiary/aromatic N) is 2. The molecule has 0 radical (unpaired) electrons. The lowest BCUT2D eigenvalue weighted by Crippen LogP contribution is -2.05. The molecule has 0 unspecified atom stereocenters. The van der Waals surface area contributed by atoms with Crippen LogP contribution in [-0.4, -0.2) is 16.5 Å². The number of unbranched alkanes of at least 4 members (excludes halogenated alkanes) is 1. The van der Waals surface area contributed by atoms with E-state index < -0.39 is 0 Å². The van der Waals surface area contributed by atoms with Crippen LogP contribution in [0.15, 0.2) is 12.5 Å². The third kappa shape index (κ3) is 5.30. The zero-order valence-corrected chi connectivity index (χ0v) is 11.5. The molecular weight excluding hydrogens is 301 g/mol. The Kier molecular flexibility index (Phi) is 5.90. The van der Waals surface area contributed by atoms with Crippen LogP contribution in [0.4, 0.5) is 5.82 Å². The molecule has 0 aromatic carbocycles. The molecule has 0 aliphatic heterocycles. The molecule has 4 heteroatoms. The Bertz CT molecular complexity index is 289. The van der Waals surface area contributed by atoms with Crippen LogP contribution in [0.2, 0.25) is 0 Å². The minimum atomic E-state index is 0.809. The molecule has 1 aromatic rings. The van der Waals surface area contributed by atoms with Crippen molar-refractivity contribution < 1.29 is 0 Å². The van der Waals surface area contributed by atoms with Gasteiger partial charge in [0.1, 0.15) is 12.1 Å². The Morgan fingerprint density at radius 2 is 2.20 bits per heavy atom. The van der Waals surface area contributed by atoms with E-state index in [1.54, 1.807) is 6.33 Å². The molecule has 0 fully saturated rings. The summed E-state index contributed by atoms with van der Waals surface area (Å²) >= 11 is 2.24. The number of anilines is 1. The number of aromatic nitrogens is 2. The Morgan fingerprint density at radius 1 is 1.40 bits per heavy atom. The van der Waals surface area contributed by atoms with Crippen LogP contribution in [0.25, 0.3) is 0 Å². The minimum absolute atomic E-state index is 0.809. The van der Waals surface area contributed by atoms with Gasteiger partial charge in [0.15, 0.2) is 0 Å². The quantitative estimate of drug-likeness (QED) is 0.646. The first kappa shape index (κ1) is 12.7. The van der Waals surface area contributed by atoms with Crippen molar-refractivity contribution in [2.24, 2.45) is 5.92 Å². The van der Waals surface area contributed by atoms with Crippen LogP contribution in [-0.2, 0) is 0 Å². The second-order valence-electron chi connectivity index (χ2n) is 4.04. The van der Waals surface area contributed by atoms with E-state index in [1.807, 2.05) is 6.20 Å². The summed E-state index contributed by atoms with van der Waals surface area (Å²) in [5.74, 6) is 1.76. The van der Waals surface area contributed by atoms with Crippen molar-refractivity contribution in [3.63, 3.8) is 0 Å². The lowest BCUT2D eigenvalue weighted by Gasteiger charge is -2.07. The minimum Gasteiger partial charge on any atom is -0.369 e. The van der Waals surface area contributed by atoms with E-state index in [1.165, 1.54) is 19.3 Å². The molecular formula is C11H18IN3. The number of halogens is 1. The highest BCUT2D eigenvalue weighted by molar-refractivity contribution is 14.1. The molecule has 1 heterocycles. The molecule has 0 atom stereocenters. The topological polar surface area (TPSA) is 37.8 Å². The molecule has 1 N–H and O–H groups in total. The molecule has 0 saturated heterocycles. The first-order chi connectivity index (χ1) is 7.20. The van der Waals surface area contributed by atoms with Gasteiger partial charge < -0.3 is 5.32 Å². The molecule has 0 aliphatic carbocycles. The average Bonchev–Trinajstić information content (AvgIpc) is 2.20. The van der Waals surface area contributed by atoms with Gasteiger partial charge in [-0.05, 0) is 34.9 Å². The zero-order chi connectivity index (χ0) is 11.1. The van der Waals surface area contributed by atoms with Crippen molar-refractivity contribution in [1.82, 2.24) is 9.97 Å². The van der Waals surface area contributed by atoms with Crippen molar-refractivity contribution in [3.05, 3.63) is 16.1 Å². The van der Waals surface area contributed by atoms with Gasteiger partial charge >= 0.3 is 0 Å². The molecule has 15 heavy (non-hydrogen) atoms. The van der Waals surface area contributed by atoms with Gasteiger partial charge in [-0.2, -0.15) is 0 Å². The van der Waals surface area contributed by atoms with Gasteiger partial charge in [-0.1, -0.05) is 26.7 Å². The maximum Gasteiger partial charge on any atom is 0.142 e. The number of nitrogens with one attached hydrogen (secondary N) is 1. The maximum absolute atomic E-state index is 4.18. The molecule has 0 aliphatic rings. The summed E-state index contributed by atoms with van der Waals surface area (Å²) < 4.78 is 1.08. The van der Waals surface area contributed by atoms with Crippen molar-refractivity contribution in [1.29, 1.82) is 0 Å². The van der Waals surface area contributed by atoms with E-state index in [4.69, 9.17) is 0 Å². The van der Waals surface area contributed by atoms with Crippen molar-refractivity contribution in [2.75, 3.05) is 11.9 Å². The van der Waals surface area contributed by atoms with E-state index >= 15 is 0 Å². The SMILES string of the molecule is CC(C)CCCCNc1ncncc1I. The third-order valence-electron chi connectivity index (χ3n) is 2.17. The average molecular weight is 319 g/mol. The summed E-state index contributed by atoms with van der Waals surface area (Å²) in [5, 5.41) is 3.33. The monoisotopic (exact) mass is 319 g/mol. The fourth-order valence-electron chi connectivity index (χ4n) is 1.33. The molecule has 0 bridgehead atoms. The Morgan fingerprint density at radius 3 is 2.87 bits per heavy atom. The van der Waals surface area contributed by atoms with E-state index in [9.17, 15) is 0 Å². The molecule has 84 valence electrons. The Balaban J connectivity index is 2.18. The van der Waals surface area contributed by atoms with Crippen LogP contribution >= 0.6 is 22.6 Å². The van der Waals surface area contributed by atoms with Crippen LogP contribution in [0.3, 0.4) is 0 Å². The van der Waals surface area contributed by atoms with Crippen LogP contribution in [0, 0.1) is 9.49 Å². The van der Waals surface area contributed by atoms with Crippen molar-refractivity contribution in [2.45, 2.75) is 33.1 Å². The van der Waals surface area contributed by atoms with Gasteiger partial charge in [0.2, 0.25) is 0 Å². The lowest BCUT2D eigenvalue weighted by atomic mass is 10.1. The molecule has 3 nitrogen and oxygen atoms in total. The fourth-order valence-corrected chi connectivity index (χ4v) is 1.82. The van der Waals surface area contributed by atoms with Gasteiger partial charge in [0, 0.05) is 12.7 Å². The fraction of sp³-hybridized carbons (Fsp3) is 0.636. The Labute approximate surface area is 105 Å². The van der Waals surface area contributed by atoms with Crippen LogP contribution in [0.1, 0.15) is 33.1 Å². The normalized spacial score (nSPS) is 10.7. The van der Waals surface area contributed by atoms with Crippen molar-refractivity contribution in [3.8, 4) is 0 Å². The van der Waals surface area contributed by atoms with Gasteiger partial charge in [0.05, 0.1) is 3.57 Å². The first-order valence-electron chi connectivity index (χ1n) is 5.39. The summed E-state index contributed by atoms with van der Waals surface area (Å²) in [6.07, 6.45) is 7.20. The standard InChI is InChI=1S/C11H18IN3/c1-9(2)5-3-4-6-14-11-10(12)7-13-8-15-11/h7-9H,3-6H2,1-2H3,(H,13,14,15). The van der Waals surface area contributed by atoms with Gasteiger partial charge in [-0.25, -0.2) is 9.97 Å². The second-order valence-corrected chi connectivity index (χ2v) is 5.20. The van der Waals surface area contributed by atoms with Gasteiger partial charge in [-0.3, -0.25) is 0 Å². The third-order valence-corrected chi connectivity index (χ3v) is 2.96. The predicted molar refractivity (Wildman–Crippen MR) is 71.9 cm³/mol. The largest absolute Gasteiger partial charge is 0.369 e. The molecule has 1 rings (SSSR count). The molecule has 0 spiro atoms. The summed E-state index contributed by atoms with van der Waals surface area (Å²) in [6, 6.07) is 0. The highest BCUT2D eigenvalue weighted by Gasteiger charge is 1.99. The summed E-state index contributed by atoms with van der Waals surface area (Å²) in [4.78, 5) is 8.14. The van der Waals surface area contributed by atoms with E-state index in [-0.39, 0.29) is 0 Å². The van der Waals surface area contributed by atoms with Gasteiger partial charge in [-0.15, -0.1) is 0 Å². The first-order valence-corrected chi connectivity index (χ1v) is 6.47. The maximum atomic E-state index is 4.18. The summed E-state index contributed by atoms with van der Waals surface area (Å²) in [5.41, 5.74) is 0. The van der Waals surface area contributed by atoms with Gasteiger partial charge in [0.25, 0.3) is 0 Å². The Hall–Kier alpha value is -0.390. The van der Waals surface area contributed by atoms with E-state index in [0.717, 1.165) is 21.9 Å². The second kappa shape index (κ2) is 6.98. The number of hydrogen-bond donors (Lipinski definition) is 1. The smallest absolute Gasteiger partial charge is 0.142 e. The van der Waals surface area contributed by atoms with Crippen LogP contribution in [0.5, 0.6) is 0 Å². The molecule has 0 saturated carbocycles. The lowest BCUT2D eigenvalue weighted by molar-refractivity contribution is 0.544. The van der Waals surface area contributed by atoms with Crippen molar-refractivity contribution >= 4 is 28.4 Å². The van der Waals surface area contributed by atoms with E-state index in [0.29, 0.717) is 0 Å². The van der Waals surface area contributed by atoms with E-state index in [2.05, 4.69) is 51.7 Å². The summed E-state index contributed by atoms with van der Waals surface area (Å²) in [7, 11) is 0. The van der Waals surface area contributed by atoms with Crippen LogP contribution < -0.4 is 5.32 Å². The number of hydrogen-bond acceptors (Lipinski definition) is 3. The number of rotatable bonds is 6. The highest BCUT2D eigenvalue weighted by Crippen LogP contribution is 2.12. The highest BCUT2D eigenvalue weighted by atomic mass is 127. The zero-order valence-electron chi connectivity index (χ0n) is 9.33. The summed E-state index contributed by atoms with van der Waals surface area (Å²) in [6.45, 7) is 5.53. The molecule has 0 amide bonds. The molecule has 1 aromatic heterocycles.